The maximum Gasteiger partial charge on any atom is 0.416 e. The molecule has 0 radical (unpaired) electrons. The van der Waals surface area contributed by atoms with Crippen LogP contribution < -0.4 is 15.5 Å². The molecule has 1 aliphatic heterocycles. The number of halogens is 3. The number of amides is 4. The number of carbonyl (C=O) groups excluding carboxylic acids is 2. The first-order chi connectivity index (χ1) is 17.1. The molecule has 188 valence electrons. The van der Waals surface area contributed by atoms with Crippen molar-refractivity contribution in [2.75, 3.05) is 28.6 Å². The Kier molecular flexibility index (Phi) is 7.19. The van der Waals surface area contributed by atoms with Crippen LogP contribution in [0.25, 0.3) is 0 Å². The Hall–Kier alpha value is -4.01. The highest BCUT2D eigenvalue weighted by Gasteiger charge is 2.32. The van der Waals surface area contributed by atoms with Crippen molar-refractivity contribution in [3.63, 3.8) is 0 Å². The molecule has 4 amide bonds. The van der Waals surface area contributed by atoms with Crippen LogP contribution in [0.2, 0.25) is 0 Å². The number of alkyl halides is 3. The lowest BCUT2D eigenvalue weighted by Crippen LogP contribution is -2.49. The monoisotopic (exact) mass is 496 g/mol. The SMILES string of the molecule is Cc1ccc(NC(=O)Nc2cc(C)ccc2N2CCCN(Cc3cccc(C(F)(F)F)c3)C2=O)cc1. The van der Waals surface area contributed by atoms with Crippen LogP contribution >= 0.6 is 0 Å². The number of benzene rings is 3. The maximum absolute atomic E-state index is 13.4. The van der Waals surface area contributed by atoms with Crippen LogP contribution in [-0.2, 0) is 12.7 Å². The Morgan fingerprint density at radius 2 is 1.64 bits per heavy atom. The van der Waals surface area contributed by atoms with Gasteiger partial charge >= 0.3 is 18.2 Å². The predicted molar refractivity (Wildman–Crippen MR) is 134 cm³/mol. The Bertz CT molecular complexity index is 1260. The minimum Gasteiger partial charge on any atom is -0.320 e. The minimum absolute atomic E-state index is 0.0573. The summed E-state index contributed by atoms with van der Waals surface area (Å²) in [6, 6.07) is 17.0. The third kappa shape index (κ3) is 5.97. The summed E-state index contributed by atoms with van der Waals surface area (Å²) in [5, 5.41) is 5.61. The molecule has 0 aromatic heterocycles. The van der Waals surface area contributed by atoms with E-state index in [1.807, 2.05) is 32.0 Å². The van der Waals surface area contributed by atoms with Gasteiger partial charge in [-0.15, -0.1) is 0 Å². The van der Waals surface area contributed by atoms with E-state index in [0.717, 1.165) is 23.3 Å². The summed E-state index contributed by atoms with van der Waals surface area (Å²) in [6.07, 6.45) is -3.82. The van der Waals surface area contributed by atoms with Crippen molar-refractivity contribution in [3.8, 4) is 0 Å². The van der Waals surface area contributed by atoms with Gasteiger partial charge in [-0.3, -0.25) is 4.90 Å². The third-order valence-electron chi connectivity index (χ3n) is 5.94. The summed E-state index contributed by atoms with van der Waals surface area (Å²) < 4.78 is 39.3. The van der Waals surface area contributed by atoms with Gasteiger partial charge in [-0.25, -0.2) is 9.59 Å². The third-order valence-corrected chi connectivity index (χ3v) is 5.94. The molecule has 1 saturated heterocycles. The minimum atomic E-state index is -4.45. The molecule has 0 saturated carbocycles. The number of urea groups is 2. The Morgan fingerprint density at radius 3 is 2.36 bits per heavy atom. The molecule has 0 bridgehead atoms. The number of carbonyl (C=O) groups is 2. The van der Waals surface area contributed by atoms with Crippen molar-refractivity contribution in [2.45, 2.75) is 33.0 Å². The number of rotatable bonds is 5. The highest BCUT2D eigenvalue weighted by atomic mass is 19.4. The quantitative estimate of drug-likeness (QED) is 0.408. The van der Waals surface area contributed by atoms with Crippen molar-refractivity contribution in [2.24, 2.45) is 0 Å². The summed E-state index contributed by atoms with van der Waals surface area (Å²) in [5.74, 6) is 0. The normalized spacial score (nSPS) is 14.1. The molecule has 0 spiro atoms. The van der Waals surface area contributed by atoms with Gasteiger partial charge in [-0.05, 0) is 67.8 Å². The van der Waals surface area contributed by atoms with Gasteiger partial charge in [0.15, 0.2) is 0 Å². The van der Waals surface area contributed by atoms with E-state index >= 15 is 0 Å². The van der Waals surface area contributed by atoms with Gasteiger partial charge in [-0.2, -0.15) is 13.2 Å². The molecule has 2 N–H and O–H groups in total. The standard InChI is InChI=1S/C27H27F3N4O2/c1-18-7-10-22(11-8-18)31-25(35)32-23-15-19(2)9-12-24(23)34-14-4-13-33(26(34)36)17-20-5-3-6-21(16-20)27(28,29)30/h3,5-12,15-16H,4,13-14,17H2,1-2H3,(H2,31,32,35). The molecule has 1 fully saturated rings. The largest absolute Gasteiger partial charge is 0.416 e. The topological polar surface area (TPSA) is 64.7 Å². The molecular weight excluding hydrogens is 469 g/mol. The molecule has 0 aliphatic carbocycles. The van der Waals surface area contributed by atoms with Crippen molar-refractivity contribution in [3.05, 3.63) is 89.0 Å². The van der Waals surface area contributed by atoms with Crippen LogP contribution in [0.3, 0.4) is 0 Å². The highest BCUT2D eigenvalue weighted by Crippen LogP contribution is 2.32. The molecule has 1 aliphatic rings. The van der Waals surface area contributed by atoms with E-state index in [-0.39, 0.29) is 12.6 Å². The molecule has 0 atom stereocenters. The van der Waals surface area contributed by atoms with E-state index in [9.17, 15) is 22.8 Å². The second-order valence-corrected chi connectivity index (χ2v) is 8.87. The van der Waals surface area contributed by atoms with Crippen LogP contribution in [0.4, 0.5) is 39.8 Å². The number of nitrogens with zero attached hydrogens (tertiary/aromatic N) is 2. The number of aryl methyl sites for hydroxylation is 2. The first-order valence-corrected chi connectivity index (χ1v) is 11.6. The van der Waals surface area contributed by atoms with Crippen molar-refractivity contribution < 1.29 is 22.8 Å². The summed E-state index contributed by atoms with van der Waals surface area (Å²) in [7, 11) is 0. The van der Waals surface area contributed by atoms with Gasteiger partial charge in [0, 0.05) is 25.3 Å². The van der Waals surface area contributed by atoms with E-state index in [0.29, 0.717) is 42.1 Å². The molecule has 3 aromatic rings. The van der Waals surface area contributed by atoms with E-state index in [1.54, 1.807) is 35.2 Å². The zero-order valence-corrected chi connectivity index (χ0v) is 20.0. The fourth-order valence-electron chi connectivity index (χ4n) is 4.13. The van der Waals surface area contributed by atoms with Crippen molar-refractivity contribution >= 4 is 29.1 Å². The fraction of sp³-hybridized carbons (Fsp3) is 0.259. The highest BCUT2D eigenvalue weighted by molar-refractivity contribution is 6.04. The zero-order valence-electron chi connectivity index (χ0n) is 20.0. The molecule has 6 nitrogen and oxygen atoms in total. The fourth-order valence-corrected chi connectivity index (χ4v) is 4.13. The lowest BCUT2D eigenvalue weighted by molar-refractivity contribution is -0.137. The average molecular weight is 497 g/mol. The van der Waals surface area contributed by atoms with Crippen LogP contribution in [0.15, 0.2) is 66.7 Å². The Balaban J connectivity index is 1.52. The molecule has 0 unspecified atom stereocenters. The number of anilines is 3. The molecule has 36 heavy (non-hydrogen) atoms. The first kappa shape index (κ1) is 25.1. The number of hydrogen-bond acceptors (Lipinski definition) is 2. The van der Waals surface area contributed by atoms with Gasteiger partial charge in [0.1, 0.15) is 0 Å². The molecule has 1 heterocycles. The van der Waals surface area contributed by atoms with Crippen molar-refractivity contribution in [1.29, 1.82) is 0 Å². The zero-order chi connectivity index (χ0) is 25.9. The smallest absolute Gasteiger partial charge is 0.320 e. The van der Waals surface area contributed by atoms with Crippen LogP contribution in [0, 0.1) is 13.8 Å². The summed E-state index contributed by atoms with van der Waals surface area (Å²) in [6.45, 7) is 4.74. The van der Waals surface area contributed by atoms with Crippen molar-refractivity contribution in [1.82, 2.24) is 4.90 Å². The first-order valence-electron chi connectivity index (χ1n) is 11.6. The lowest BCUT2D eigenvalue weighted by Gasteiger charge is -2.36. The predicted octanol–water partition coefficient (Wildman–Crippen LogP) is 6.80. The second kappa shape index (κ2) is 10.3. The molecule has 3 aromatic carbocycles. The van der Waals surface area contributed by atoms with Gasteiger partial charge in [0.2, 0.25) is 0 Å². The van der Waals surface area contributed by atoms with E-state index < -0.39 is 17.8 Å². The van der Waals surface area contributed by atoms with E-state index in [1.165, 1.54) is 11.0 Å². The molecule has 9 heteroatoms. The number of nitrogens with one attached hydrogen (secondary N) is 2. The van der Waals surface area contributed by atoms with Gasteiger partial charge < -0.3 is 15.5 Å². The Labute approximate surface area is 207 Å². The van der Waals surface area contributed by atoms with Crippen LogP contribution in [0.1, 0.15) is 28.7 Å². The van der Waals surface area contributed by atoms with E-state index in [2.05, 4.69) is 10.6 Å². The van der Waals surface area contributed by atoms with Gasteiger partial charge in [-0.1, -0.05) is 35.9 Å². The lowest BCUT2D eigenvalue weighted by atomic mass is 10.1. The van der Waals surface area contributed by atoms with Gasteiger partial charge in [0.25, 0.3) is 0 Å². The second-order valence-electron chi connectivity index (χ2n) is 8.87. The summed E-state index contributed by atoms with van der Waals surface area (Å²) in [4.78, 5) is 29.1. The van der Waals surface area contributed by atoms with Crippen LogP contribution in [0.5, 0.6) is 0 Å². The van der Waals surface area contributed by atoms with Crippen LogP contribution in [-0.4, -0.2) is 30.1 Å². The maximum atomic E-state index is 13.4. The van der Waals surface area contributed by atoms with Gasteiger partial charge in [0.05, 0.1) is 16.9 Å². The molecule has 4 rings (SSSR count). The summed E-state index contributed by atoms with van der Waals surface area (Å²) >= 11 is 0. The number of hydrogen-bond donors (Lipinski definition) is 2. The molecular formula is C27H27F3N4O2. The van der Waals surface area contributed by atoms with E-state index in [4.69, 9.17) is 0 Å². The Morgan fingerprint density at radius 1 is 0.917 bits per heavy atom. The summed E-state index contributed by atoms with van der Waals surface area (Å²) in [5.41, 5.74) is 3.25. The average Bonchev–Trinajstić information content (AvgIpc) is 2.82.